The Labute approximate surface area is 117 Å². The molecule has 20 heavy (non-hydrogen) atoms. The molecule has 1 heterocycles. The van der Waals surface area contributed by atoms with Crippen LogP contribution in [0.3, 0.4) is 0 Å². The van der Waals surface area contributed by atoms with Gasteiger partial charge in [-0.25, -0.2) is 4.98 Å². The molecule has 0 radical (unpaired) electrons. The lowest BCUT2D eigenvalue weighted by Gasteiger charge is -2.25. The second-order valence-corrected chi connectivity index (χ2v) is 5.23. The average molecular weight is 287 g/mol. The molecule has 0 aromatic carbocycles. The summed E-state index contributed by atoms with van der Waals surface area (Å²) in [4.78, 5) is 4.19. The van der Waals surface area contributed by atoms with Crippen molar-refractivity contribution in [1.29, 1.82) is 0 Å². The molecule has 112 valence electrons. The summed E-state index contributed by atoms with van der Waals surface area (Å²) >= 11 is 0. The minimum absolute atomic E-state index is 0.276. The quantitative estimate of drug-likeness (QED) is 0.826. The van der Waals surface area contributed by atoms with E-state index in [-0.39, 0.29) is 5.82 Å². The van der Waals surface area contributed by atoms with Crippen molar-refractivity contribution < 1.29 is 13.2 Å². The second kappa shape index (κ2) is 6.33. The summed E-state index contributed by atoms with van der Waals surface area (Å²) in [6.45, 7) is 3.26. The van der Waals surface area contributed by atoms with Crippen LogP contribution in [0.5, 0.6) is 0 Å². The van der Waals surface area contributed by atoms with E-state index in [0.717, 1.165) is 31.4 Å². The van der Waals surface area contributed by atoms with Crippen LogP contribution < -0.4 is 10.6 Å². The first-order chi connectivity index (χ1) is 9.49. The molecule has 0 atom stereocenters. The van der Waals surface area contributed by atoms with Crippen LogP contribution in [0.2, 0.25) is 0 Å². The standard InChI is InChI=1S/C14H20F3N3/c1-2-6-18-12-7-11(14(15,16)17)8-13(20-12)19-9-10-4-3-5-10/h7-8,10H,2-6,9H2,1H3,(H2,18,19,20). The van der Waals surface area contributed by atoms with E-state index in [4.69, 9.17) is 0 Å². The fourth-order valence-electron chi connectivity index (χ4n) is 2.07. The van der Waals surface area contributed by atoms with Crippen molar-refractivity contribution in [2.45, 2.75) is 38.8 Å². The summed E-state index contributed by atoms with van der Waals surface area (Å²) < 4.78 is 38.6. The molecule has 0 unspecified atom stereocenters. The highest BCUT2D eigenvalue weighted by molar-refractivity contribution is 5.49. The molecule has 6 heteroatoms. The first-order valence-electron chi connectivity index (χ1n) is 7.06. The molecule has 3 nitrogen and oxygen atoms in total. The maximum absolute atomic E-state index is 12.9. The molecule has 2 N–H and O–H groups in total. The zero-order valence-electron chi connectivity index (χ0n) is 11.6. The molecule has 0 amide bonds. The van der Waals surface area contributed by atoms with Crippen LogP contribution in [0.15, 0.2) is 12.1 Å². The second-order valence-electron chi connectivity index (χ2n) is 5.23. The van der Waals surface area contributed by atoms with Gasteiger partial charge in [0.1, 0.15) is 11.6 Å². The number of pyridine rings is 1. The van der Waals surface area contributed by atoms with Gasteiger partial charge in [0.25, 0.3) is 0 Å². The predicted octanol–water partition coefficient (Wildman–Crippen LogP) is 4.13. The van der Waals surface area contributed by atoms with Crippen molar-refractivity contribution in [3.05, 3.63) is 17.7 Å². The van der Waals surface area contributed by atoms with E-state index in [9.17, 15) is 13.2 Å². The van der Waals surface area contributed by atoms with Gasteiger partial charge in [0.15, 0.2) is 0 Å². The first-order valence-corrected chi connectivity index (χ1v) is 7.06. The fourth-order valence-corrected chi connectivity index (χ4v) is 2.07. The van der Waals surface area contributed by atoms with Gasteiger partial charge in [0, 0.05) is 13.1 Å². The average Bonchev–Trinajstić information content (AvgIpc) is 2.33. The topological polar surface area (TPSA) is 37.0 Å². The number of nitrogens with zero attached hydrogens (tertiary/aromatic N) is 1. The largest absolute Gasteiger partial charge is 0.416 e. The molecular formula is C14H20F3N3. The summed E-state index contributed by atoms with van der Waals surface area (Å²) in [5.41, 5.74) is -0.665. The van der Waals surface area contributed by atoms with Crippen molar-refractivity contribution >= 4 is 11.6 Å². The number of aromatic nitrogens is 1. The Balaban J connectivity index is 2.11. The van der Waals surface area contributed by atoms with Crippen molar-refractivity contribution in [2.75, 3.05) is 23.7 Å². The van der Waals surface area contributed by atoms with E-state index in [1.54, 1.807) is 0 Å². The van der Waals surface area contributed by atoms with Crippen molar-refractivity contribution in [3.63, 3.8) is 0 Å². The molecule has 0 bridgehead atoms. The van der Waals surface area contributed by atoms with Crippen LogP contribution in [0.1, 0.15) is 38.2 Å². The van der Waals surface area contributed by atoms with Gasteiger partial charge in [-0.2, -0.15) is 13.2 Å². The van der Waals surface area contributed by atoms with Gasteiger partial charge >= 0.3 is 6.18 Å². The molecule has 1 aliphatic carbocycles. The maximum atomic E-state index is 12.9. The lowest BCUT2D eigenvalue weighted by atomic mass is 9.85. The summed E-state index contributed by atoms with van der Waals surface area (Å²) in [5.74, 6) is 1.14. The highest BCUT2D eigenvalue weighted by Gasteiger charge is 2.31. The third kappa shape index (κ3) is 4.02. The van der Waals surface area contributed by atoms with Gasteiger partial charge in [0.05, 0.1) is 5.56 Å². The van der Waals surface area contributed by atoms with Crippen molar-refractivity contribution in [2.24, 2.45) is 5.92 Å². The molecular weight excluding hydrogens is 267 g/mol. The minimum Gasteiger partial charge on any atom is -0.370 e. The van der Waals surface area contributed by atoms with Gasteiger partial charge in [-0.15, -0.1) is 0 Å². The molecule has 0 saturated heterocycles. The zero-order chi connectivity index (χ0) is 14.6. The summed E-state index contributed by atoms with van der Waals surface area (Å²) in [6, 6.07) is 2.14. The summed E-state index contributed by atoms with van der Waals surface area (Å²) in [5, 5.41) is 5.94. The highest BCUT2D eigenvalue weighted by Crippen LogP contribution is 2.32. The maximum Gasteiger partial charge on any atom is 0.416 e. The van der Waals surface area contributed by atoms with E-state index < -0.39 is 11.7 Å². The summed E-state index contributed by atoms with van der Waals surface area (Å²) in [6.07, 6.45) is -0.00722. The molecule has 1 aromatic heterocycles. The molecule has 0 spiro atoms. The lowest BCUT2D eigenvalue weighted by Crippen LogP contribution is -2.21. The fraction of sp³-hybridized carbons (Fsp3) is 0.643. The van der Waals surface area contributed by atoms with Crippen LogP contribution in [0.4, 0.5) is 24.8 Å². The first kappa shape index (κ1) is 14.9. The number of alkyl halides is 3. The van der Waals surface area contributed by atoms with Crippen LogP contribution in [0.25, 0.3) is 0 Å². The van der Waals surface area contributed by atoms with E-state index in [2.05, 4.69) is 15.6 Å². The van der Waals surface area contributed by atoms with Crippen LogP contribution in [0, 0.1) is 5.92 Å². The summed E-state index contributed by atoms with van der Waals surface area (Å²) in [7, 11) is 0. The monoisotopic (exact) mass is 287 g/mol. The van der Waals surface area contributed by atoms with E-state index in [1.807, 2.05) is 6.92 Å². The third-order valence-electron chi connectivity index (χ3n) is 3.51. The normalized spacial score (nSPS) is 15.8. The molecule has 2 rings (SSSR count). The van der Waals surface area contributed by atoms with E-state index in [0.29, 0.717) is 24.8 Å². The van der Waals surface area contributed by atoms with Gasteiger partial charge in [0.2, 0.25) is 0 Å². The van der Waals surface area contributed by atoms with Crippen LogP contribution in [-0.2, 0) is 6.18 Å². The predicted molar refractivity (Wildman–Crippen MR) is 73.9 cm³/mol. The van der Waals surface area contributed by atoms with Crippen LogP contribution in [-0.4, -0.2) is 18.1 Å². The van der Waals surface area contributed by atoms with Crippen LogP contribution >= 0.6 is 0 Å². The Morgan fingerprint density at radius 3 is 2.35 bits per heavy atom. The molecule has 0 aliphatic heterocycles. The Kier molecular flexibility index (Phi) is 4.73. The van der Waals surface area contributed by atoms with Gasteiger partial charge in [-0.3, -0.25) is 0 Å². The number of hydrogen-bond donors (Lipinski definition) is 2. The highest BCUT2D eigenvalue weighted by atomic mass is 19.4. The third-order valence-corrected chi connectivity index (χ3v) is 3.51. The molecule has 1 saturated carbocycles. The SMILES string of the molecule is CCCNc1cc(C(F)(F)F)cc(NCC2CCC2)n1. The zero-order valence-corrected chi connectivity index (χ0v) is 11.6. The smallest absolute Gasteiger partial charge is 0.370 e. The van der Waals surface area contributed by atoms with Gasteiger partial charge in [-0.05, 0) is 37.3 Å². The Morgan fingerprint density at radius 1 is 1.20 bits per heavy atom. The number of anilines is 2. The number of nitrogens with one attached hydrogen (secondary N) is 2. The lowest BCUT2D eigenvalue weighted by molar-refractivity contribution is -0.137. The number of hydrogen-bond acceptors (Lipinski definition) is 3. The van der Waals surface area contributed by atoms with E-state index >= 15 is 0 Å². The van der Waals surface area contributed by atoms with E-state index in [1.165, 1.54) is 6.42 Å². The Morgan fingerprint density at radius 2 is 1.85 bits per heavy atom. The van der Waals surface area contributed by atoms with Gasteiger partial charge in [-0.1, -0.05) is 13.3 Å². The Hall–Kier alpha value is -1.46. The Bertz CT molecular complexity index is 442. The van der Waals surface area contributed by atoms with Gasteiger partial charge < -0.3 is 10.6 Å². The number of rotatable bonds is 6. The van der Waals surface area contributed by atoms with Crippen molar-refractivity contribution in [1.82, 2.24) is 4.98 Å². The van der Waals surface area contributed by atoms with Crippen molar-refractivity contribution in [3.8, 4) is 0 Å². The molecule has 1 aromatic rings. The minimum atomic E-state index is -4.35. The molecule has 1 fully saturated rings. The number of halogens is 3. The molecule has 1 aliphatic rings.